The fraction of sp³-hybridized carbons (Fsp3) is 0.590. The summed E-state index contributed by atoms with van der Waals surface area (Å²) >= 11 is 1.70. The summed E-state index contributed by atoms with van der Waals surface area (Å²) in [4.78, 5) is 39.3. The van der Waals surface area contributed by atoms with E-state index in [4.69, 9.17) is 24.5 Å². The maximum atomic E-state index is 14.6. The number of pyridine rings is 1. The molecular formula is C39H52N4O5S. The van der Waals surface area contributed by atoms with Gasteiger partial charge in [-0.05, 0) is 117 Å². The molecule has 0 aliphatic heterocycles. The number of aryl methyl sites for hydroxylation is 1. The number of carbonyl (C=O) groups is 2. The van der Waals surface area contributed by atoms with Gasteiger partial charge in [-0.2, -0.15) is 0 Å². The molecule has 4 fully saturated rings. The molecule has 4 saturated carbocycles. The summed E-state index contributed by atoms with van der Waals surface area (Å²) in [6.45, 7) is 9.34. The number of fused-ring (bicyclic) bond motifs is 3. The number of aromatic nitrogens is 2. The first-order chi connectivity index (χ1) is 23.4. The summed E-state index contributed by atoms with van der Waals surface area (Å²) in [7, 11) is 1.73. The zero-order valence-corrected chi connectivity index (χ0v) is 30.5. The van der Waals surface area contributed by atoms with E-state index in [0.29, 0.717) is 38.0 Å². The van der Waals surface area contributed by atoms with Crippen LogP contribution in [0.3, 0.4) is 0 Å². The Bertz CT molecular complexity index is 1620. The average molecular weight is 689 g/mol. The Morgan fingerprint density at radius 2 is 1.73 bits per heavy atom. The molecule has 2 bridgehead atoms. The summed E-state index contributed by atoms with van der Waals surface area (Å²) in [6, 6.07) is 10.8. The van der Waals surface area contributed by atoms with Gasteiger partial charge in [0.1, 0.15) is 17.7 Å². The number of benzene rings is 1. The molecule has 2 N–H and O–H groups in total. The van der Waals surface area contributed by atoms with Crippen molar-refractivity contribution in [3.05, 3.63) is 58.9 Å². The minimum absolute atomic E-state index is 0.0380. The Hall–Kier alpha value is -3.50. The predicted octanol–water partition coefficient (Wildman–Crippen LogP) is 7.72. The van der Waals surface area contributed by atoms with E-state index in [1.54, 1.807) is 18.4 Å². The standard InChI is InChI=1S/C39H52N4O5S/c1-26-22-29(8-11-31(26)47-5)39-16-13-38(14-17-39,15-18-39)25-43(34(45)27-6-9-30(10-7-27)48-36(46)41-20-21-44)33-23-28(12-19-40-33)32-24-42-35(49-32)37(2,3)4/h8,11-12,19,22-24,27,30,44H,6-7,9-10,13-18,20-21,25H2,1-5H3,(H,41,46). The minimum atomic E-state index is -0.515. The normalized spacial score (nSPS) is 25.1. The van der Waals surface area contributed by atoms with E-state index in [-0.39, 0.29) is 47.3 Å². The van der Waals surface area contributed by atoms with Crippen LogP contribution in [0.4, 0.5) is 10.6 Å². The van der Waals surface area contributed by atoms with Crippen LogP contribution >= 0.6 is 11.3 Å². The number of nitrogens with zero attached hydrogens (tertiary/aromatic N) is 3. The maximum absolute atomic E-state index is 14.6. The molecule has 0 unspecified atom stereocenters. The molecule has 2 aromatic heterocycles. The van der Waals surface area contributed by atoms with E-state index >= 15 is 0 Å². The van der Waals surface area contributed by atoms with E-state index in [9.17, 15) is 9.59 Å². The summed E-state index contributed by atoms with van der Waals surface area (Å²) in [5.74, 6) is 1.60. The molecule has 4 aliphatic carbocycles. The average Bonchev–Trinajstić information content (AvgIpc) is 3.62. The highest BCUT2D eigenvalue weighted by Gasteiger charge is 2.51. The number of aliphatic hydroxyl groups excluding tert-OH is 1. The Morgan fingerprint density at radius 3 is 2.35 bits per heavy atom. The topological polar surface area (TPSA) is 114 Å². The van der Waals surface area contributed by atoms with Crippen LogP contribution in [0.15, 0.2) is 42.7 Å². The molecule has 0 saturated heterocycles. The summed E-state index contributed by atoms with van der Waals surface area (Å²) < 4.78 is 11.1. The smallest absolute Gasteiger partial charge is 0.407 e. The highest BCUT2D eigenvalue weighted by molar-refractivity contribution is 7.15. The first-order valence-corrected chi connectivity index (χ1v) is 18.7. The van der Waals surface area contributed by atoms with Gasteiger partial charge >= 0.3 is 6.09 Å². The molecular weight excluding hydrogens is 637 g/mol. The molecule has 2 amide bonds. The second-order valence-electron chi connectivity index (χ2n) is 15.6. The number of hydrogen-bond donors (Lipinski definition) is 2. The molecule has 1 aromatic carbocycles. The quantitative estimate of drug-likeness (QED) is 0.224. The van der Waals surface area contributed by atoms with Gasteiger partial charge in [0, 0.05) is 36.8 Å². The van der Waals surface area contributed by atoms with Crippen molar-refractivity contribution in [3.63, 3.8) is 0 Å². The van der Waals surface area contributed by atoms with Gasteiger partial charge in [-0.15, -0.1) is 11.3 Å². The fourth-order valence-corrected chi connectivity index (χ4v) is 9.19. The Kier molecular flexibility index (Phi) is 10.4. The molecule has 10 heteroatoms. The van der Waals surface area contributed by atoms with Gasteiger partial charge in [0.25, 0.3) is 0 Å². The monoisotopic (exact) mass is 688 g/mol. The molecule has 49 heavy (non-hydrogen) atoms. The van der Waals surface area contributed by atoms with E-state index < -0.39 is 6.09 Å². The fourth-order valence-electron chi connectivity index (χ4n) is 8.22. The third-order valence-electron chi connectivity index (χ3n) is 11.3. The zero-order chi connectivity index (χ0) is 34.8. The minimum Gasteiger partial charge on any atom is -0.496 e. The molecule has 2 heterocycles. The number of amides is 2. The SMILES string of the molecule is COc1ccc(C23CCC(CN(C(=O)C4CCC(OC(=O)NCCO)CC4)c4cc(-c5cnc(C(C)(C)C)s5)ccn4)(CC2)CC3)cc1C. The molecule has 0 atom stereocenters. The molecule has 264 valence electrons. The molecule has 7 rings (SSSR count). The summed E-state index contributed by atoms with van der Waals surface area (Å²) in [5, 5.41) is 12.6. The van der Waals surface area contributed by atoms with Crippen molar-refractivity contribution in [1.82, 2.24) is 15.3 Å². The Labute approximate surface area is 294 Å². The number of carbonyl (C=O) groups excluding carboxylic acids is 2. The predicted molar refractivity (Wildman–Crippen MR) is 193 cm³/mol. The Morgan fingerprint density at radius 1 is 1.02 bits per heavy atom. The van der Waals surface area contributed by atoms with Crippen molar-refractivity contribution in [1.29, 1.82) is 0 Å². The van der Waals surface area contributed by atoms with Crippen LogP contribution in [-0.2, 0) is 20.4 Å². The second kappa shape index (κ2) is 14.4. The maximum Gasteiger partial charge on any atom is 0.407 e. The number of ether oxygens (including phenoxy) is 2. The van der Waals surface area contributed by atoms with Gasteiger partial charge in [-0.1, -0.05) is 32.9 Å². The third kappa shape index (κ3) is 7.65. The zero-order valence-electron chi connectivity index (χ0n) is 29.7. The molecule has 0 spiro atoms. The molecule has 0 radical (unpaired) electrons. The number of alkyl carbamates (subject to hydrolysis) is 1. The largest absolute Gasteiger partial charge is 0.496 e. The molecule has 9 nitrogen and oxygen atoms in total. The van der Waals surface area contributed by atoms with Gasteiger partial charge in [-0.25, -0.2) is 14.8 Å². The lowest BCUT2D eigenvalue weighted by Gasteiger charge is -2.55. The number of thiazole rings is 1. The van der Waals surface area contributed by atoms with Gasteiger partial charge < -0.3 is 19.9 Å². The van der Waals surface area contributed by atoms with Crippen molar-refractivity contribution in [2.24, 2.45) is 11.3 Å². The molecule has 4 aliphatic rings. The van der Waals surface area contributed by atoms with Gasteiger partial charge in [0.15, 0.2) is 0 Å². The number of nitrogens with one attached hydrogen (secondary N) is 1. The van der Waals surface area contributed by atoms with E-state index in [1.165, 1.54) is 11.1 Å². The van der Waals surface area contributed by atoms with Gasteiger partial charge in [0.2, 0.25) is 5.91 Å². The van der Waals surface area contributed by atoms with Gasteiger partial charge in [0.05, 0.1) is 23.6 Å². The lowest BCUT2D eigenvalue weighted by Crippen LogP contribution is -2.52. The van der Waals surface area contributed by atoms with E-state index in [2.05, 4.69) is 57.3 Å². The number of hydrogen-bond acceptors (Lipinski definition) is 8. The number of rotatable bonds is 10. The first-order valence-electron chi connectivity index (χ1n) is 17.9. The number of methoxy groups -OCH3 is 1. The first kappa shape index (κ1) is 35.3. The van der Waals surface area contributed by atoms with Crippen LogP contribution < -0.4 is 15.0 Å². The summed E-state index contributed by atoms with van der Waals surface area (Å²) in [5.41, 5.74) is 3.82. The van der Waals surface area contributed by atoms with Gasteiger partial charge in [-0.3, -0.25) is 9.69 Å². The third-order valence-corrected chi connectivity index (χ3v) is 12.8. The van der Waals surface area contributed by atoms with Crippen LogP contribution in [-0.4, -0.2) is 60.0 Å². The lowest BCUT2D eigenvalue weighted by atomic mass is 9.51. The number of anilines is 1. The number of aliphatic hydroxyl groups is 1. The molecule has 3 aromatic rings. The van der Waals surface area contributed by atoms with E-state index in [1.807, 2.05) is 23.4 Å². The van der Waals surface area contributed by atoms with Crippen LogP contribution in [0.1, 0.15) is 101 Å². The van der Waals surface area contributed by atoms with Crippen molar-refractivity contribution in [3.8, 4) is 16.2 Å². The van der Waals surface area contributed by atoms with Crippen LogP contribution in [0.2, 0.25) is 0 Å². The lowest BCUT2D eigenvalue weighted by molar-refractivity contribution is -0.124. The van der Waals surface area contributed by atoms with Crippen molar-refractivity contribution in [2.45, 2.75) is 109 Å². The van der Waals surface area contributed by atoms with Crippen LogP contribution in [0.5, 0.6) is 5.75 Å². The summed E-state index contributed by atoms with van der Waals surface area (Å²) in [6.07, 6.45) is 12.2. The van der Waals surface area contributed by atoms with E-state index in [0.717, 1.165) is 59.7 Å². The van der Waals surface area contributed by atoms with Crippen molar-refractivity contribution in [2.75, 3.05) is 31.7 Å². The Balaban J connectivity index is 1.23. The second-order valence-corrected chi connectivity index (χ2v) is 16.6. The highest BCUT2D eigenvalue weighted by Crippen LogP contribution is 2.58. The van der Waals surface area contributed by atoms with Crippen LogP contribution in [0.25, 0.3) is 10.4 Å². The highest BCUT2D eigenvalue weighted by atomic mass is 32.1. The van der Waals surface area contributed by atoms with Crippen LogP contribution in [0, 0.1) is 18.3 Å². The van der Waals surface area contributed by atoms with Crippen molar-refractivity contribution >= 4 is 29.2 Å². The van der Waals surface area contributed by atoms with Crippen molar-refractivity contribution < 1.29 is 24.2 Å².